The Hall–Kier alpha value is -1.56. The molecule has 2 aromatic heterocycles. The third kappa shape index (κ3) is 2.12. The number of halogens is 1. The fraction of sp³-hybridized carbons (Fsp3) is 0.273. The standard InChI is InChI=1S/C11H11BrN2O3/c1-3-14-10(8(16-2)6-13-14)11(15)7-4-5-9(12)17-7/h4-6H,3H2,1-2H3. The molecule has 6 heteroatoms. The van der Waals surface area contributed by atoms with E-state index in [1.807, 2.05) is 6.92 Å². The Labute approximate surface area is 106 Å². The van der Waals surface area contributed by atoms with Gasteiger partial charge in [0.05, 0.1) is 13.3 Å². The fourth-order valence-electron chi connectivity index (χ4n) is 1.54. The molecule has 0 aliphatic carbocycles. The van der Waals surface area contributed by atoms with E-state index in [4.69, 9.17) is 9.15 Å². The lowest BCUT2D eigenvalue weighted by molar-refractivity contribution is 0.0995. The lowest BCUT2D eigenvalue weighted by Crippen LogP contribution is -2.11. The molecule has 0 atom stereocenters. The Morgan fingerprint density at radius 2 is 2.35 bits per heavy atom. The summed E-state index contributed by atoms with van der Waals surface area (Å²) in [6.07, 6.45) is 1.52. The normalized spacial score (nSPS) is 10.5. The van der Waals surface area contributed by atoms with Crippen molar-refractivity contribution in [3.8, 4) is 5.75 Å². The summed E-state index contributed by atoms with van der Waals surface area (Å²) in [6.45, 7) is 2.49. The summed E-state index contributed by atoms with van der Waals surface area (Å²) in [5, 5.41) is 4.08. The van der Waals surface area contributed by atoms with E-state index in [0.29, 0.717) is 22.7 Å². The molecule has 2 heterocycles. The van der Waals surface area contributed by atoms with Crippen LogP contribution in [0.15, 0.2) is 27.4 Å². The summed E-state index contributed by atoms with van der Waals surface area (Å²) in [6, 6.07) is 3.28. The van der Waals surface area contributed by atoms with Crippen molar-refractivity contribution in [1.82, 2.24) is 9.78 Å². The molecule has 0 N–H and O–H groups in total. The molecule has 0 aliphatic heterocycles. The van der Waals surface area contributed by atoms with Crippen LogP contribution in [0.4, 0.5) is 0 Å². The van der Waals surface area contributed by atoms with Crippen LogP contribution in [0, 0.1) is 0 Å². The number of hydrogen-bond donors (Lipinski definition) is 0. The van der Waals surface area contributed by atoms with Crippen LogP contribution in [-0.2, 0) is 6.54 Å². The lowest BCUT2D eigenvalue weighted by atomic mass is 10.2. The molecule has 2 aromatic rings. The molecule has 0 radical (unpaired) electrons. The van der Waals surface area contributed by atoms with Crippen LogP contribution in [-0.4, -0.2) is 22.7 Å². The van der Waals surface area contributed by atoms with E-state index in [1.54, 1.807) is 16.8 Å². The molecule has 0 saturated heterocycles. The molecule has 17 heavy (non-hydrogen) atoms. The first-order valence-corrected chi connectivity index (χ1v) is 5.86. The fourth-order valence-corrected chi connectivity index (χ4v) is 1.85. The number of rotatable bonds is 4. The average molecular weight is 299 g/mol. The number of carbonyl (C=O) groups is 1. The van der Waals surface area contributed by atoms with Crippen LogP contribution in [0.2, 0.25) is 0 Å². The van der Waals surface area contributed by atoms with Gasteiger partial charge in [-0.2, -0.15) is 5.10 Å². The molecule has 90 valence electrons. The number of furan rings is 1. The van der Waals surface area contributed by atoms with Gasteiger partial charge < -0.3 is 9.15 Å². The molecule has 5 nitrogen and oxygen atoms in total. The van der Waals surface area contributed by atoms with E-state index >= 15 is 0 Å². The van der Waals surface area contributed by atoms with Gasteiger partial charge in [-0.05, 0) is 35.0 Å². The molecule has 0 spiro atoms. The summed E-state index contributed by atoms with van der Waals surface area (Å²) in [5.41, 5.74) is 0.400. The molecule has 0 aromatic carbocycles. The number of aryl methyl sites for hydroxylation is 1. The first-order valence-electron chi connectivity index (χ1n) is 5.07. The molecule has 0 saturated carbocycles. The Kier molecular flexibility index (Phi) is 3.33. The van der Waals surface area contributed by atoms with Gasteiger partial charge in [0.2, 0.25) is 5.78 Å². The van der Waals surface area contributed by atoms with E-state index in [9.17, 15) is 4.79 Å². The van der Waals surface area contributed by atoms with Crippen molar-refractivity contribution in [3.05, 3.63) is 34.5 Å². The summed E-state index contributed by atoms with van der Waals surface area (Å²) in [7, 11) is 1.51. The molecular weight excluding hydrogens is 288 g/mol. The van der Waals surface area contributed by atoms with Crippen molar-refractivity contribution in [2.24, 2.45) is 0 Å². The van der Waals surface area contributed by atoms with Gasteiger partial charge in [-0.3, -0.25) is 9.48 Å². The topological polar surface area (TPSA) is 57.3 Å². The molecule has 0 unspecified atom stereocenters. The smallest absolute Gasteiger partial charge is 0.250 e. The number of carbonyl (C=O) groups excluding carboxylic acids is 1. The molecule has 2 rings (SSSR count). The van der Waals surface area contributed by atoms with Crippen molar-refractivity contribution >= 4 is 21.7 Å². The number of nitrogens with zero attached hydrogens (tertiary/aromatic N) is 2. The van der Waals surface area contributed by atoms with E-state index in [0.717, 1.165) is 0 Å². The Balaban J connectivity index is 2.45. The number of methoxy groups -OCH3 is 1. The van der Waals surface area contributed by atoms with Crippen molar-refractivity contribution in [1.29, 1.82) is 0 Å². The monoisotopic (exact) mass is 298 g/mol. The number of ether oxygens (including phenoxy) is 1. The quantitative estimate of drug-likeness (QED) is 0.814. The van der Waals surface area contributed by atoms with Crippen LogP contribution in [0.3, 0.4) is 0 Å². The predicted octanol–water partition coefficient (Wildman–Crippen LogP) is 2.50. The highest BCUT2D eigenvalue weighted by molar-refractivity contribution is 9.10. The Morgan fingerprint density at radius 1 is 1.59 bits per heavy atom. The van der Waals surface area contributed by atoms with Gasteiger partial charge in [0.15, 0.2) is 21.9 Å². The number of ketones is 1. The predicted molar refractivity (Wildman–Crippen MR) is 64.3 cm³/mol. The summed E-state index contributed by atoms with van der Waals surface area (Å²) in [5.74, 6) is 0.460. The van der Waals surface area contributed by atoms with Crippen molar-refractivity contribution in [2.45, 2.75) is 13.5 Å². The zero-order valence-corrected chi connectivity index (χ0v) is 11.0. The van der Waals surface area contributed by atoms with Gasteiger partial charge in [0.1, 0.15) is 0 Å². The Morgan fingerprint density at radius 3 is 2.88 bits per heavy atom. The van der Waals surface area contributed by atoms with Gasteiger partial charge >= 0.3 is 0 Å². The maximum atomic E-state index is 12.2. The highest BCUT2D eigenvalue weighted by Gasteiger charge is 2.22. The van der Waals surface area contributed by atoms with Gasteiger partial charge in [-0.15, -0.1) is 0 Å². The second-order valence-electron chi connectivity index (χ2n) is 3.31. The van der Waals surface area contributed by atoms with Crippen LogP contribution in [0.25, 0.3) is 0 Å². The SMILES string of the molecule is CCn1ncc(OC)c1C(=O)c1ccc(Br)o1. The molecular formula is C11H11BrN2O3. The van der Waals surface area contributed by atoms with Crippen LogP contribution >= 0.6 is 15.9 Å². The molecule has 0 amide bonds. The third-order valence-electron chi connectivity index (χ3n) is 2.34. The maximum Gasteiger partial charge on any atom is 0.250 e. The minimum absolute atomic E-state index is 0.244. The van der Waals surface area contributed by atoms with Crippen LogP contribution in [0.5, 0.6) is 5.75 Å². The third-order valence-corrected chi connectivity index (χ3v) is 2.76. The summed E-state index contributed by atoms with van der Waals surface area (Å²) < 4.78 is 12.5. The van der Waals surface area contributed by atoms with E-state index < -0.39 is 0 Å². The molecule has 0 aliphatic rings. The second-order valence-corrected chi connectivity index (χ2v) is 4.09. The van der Waals surface area contributed by atoms with Crippen LogP contribution in [0.1, 0.15) is 23.2 Å². The van der Waals surface area contributed by atoms with Crippen molar-refractivity contribution in [3.63, 3.8) is 0 Å². The minimum atomic E-state index is -0.244. The summed E-state index contributed by atoms with van der Waals surface area (Å²) in [4.78, 5) is 12.2. The first-order chi connectivity index (χ1) is 8.17. The first kappa shape index (κ1) is 11.9. The minimum Gasteiger partial charge on any atom is -0.493 e. The van der Waals surface area contributed by atoms with Gasteiger partial charge in [0.25, 0.3) is 0 Å². The highest BCUT2D eigenvalue weighted by atomic mass is 79.9. The van der Waals surface area contributed by atoms with Gasteiger partial charge in [-0.25, -0.2) is 0 Å². The molecule has 0 fully saturated rings. The number of hydrogen-bond acceptors (Lipinski definition) is 4. The average Bonchev–Trinajstić information content (AvgIpc) is 2.93. The zero-order valence-electron chi connectivity index (χ0n) is 9.44. The Bertz CT molecular complexity index is 523. The number of aromatic nitrogens is 2. The van der Waals surface area contributed by atoms with Gasteiger partial charge in [0, 0.05) is 6.54 Å². The van der Waals surface area contributed by atoms with Crippen molar-refractivity contribution < 1.29 is 13.9 Å². The largest absolute Gasteiger partial charge is 0.493 e. The second kappa shape index (κ2) is 4.75. The zero-order chi connectivity index (χ0) is 12.4. The van der Waals surface area contributed by atoms with Gasteiger partial charge in [-0.1, -0.05) is 0 Å². The highest BCUT2D eigenvalue weighted by Crippen LogP contribution is 2.23. The van der Waals surface area contributed by atoms with Crippen molar-refractivity contribution in [2.75, 3.05) is 7.11 Å². The summed E-state index contributed by atoms with van der Waals surface area (Å²) >= 11 is 3.16. The molecule has 0 bridgehead atoms. The lowest BCUT2D eigenvalue weighted by Gasteiger charge is -2.04. The van der Waals surface area contributed by atoms with E-state index in [1.165, 1.54) is 13.3 Å². The van der Waals surface area contributed by atoms with E-state index in [2.05, 4.69) is 21.0 Å². The van der Waals surface area contributed by atoms with Crippen LogP contribution < -0.4 is 4.74 Å². The maximum absolute atomic E-state index is 12.2. The van der Waals surface area contributed by atoms with E-state index in [-0.39, 0.29) is 11.5 Å².